The molecule has 0 spiro atoms. The second kappa shape index (κ2) is 6.37. The van der Waals surface area contributed by atoms with E-state index in [-0.39, 0.29) is 0 Å². The van der Waals surface area contributed by atoms with Crippen molar-refractivity contribution in [2.45, 2.75) is 51.6 Å². The lowest BCUT2D eigenvalue weighted by atomic mass is 9.87. The summed E-state index contributed by atoms with van der Waals surface area (Å²) in [5.41, 5.74) is 8.93. The molecule has 0 bridgehead atoms. The second-order valence-corrected chi connectivity index (χ2v) is 6.73. The topological polar surface area (TPSA) is 38.5 Å². The van der Waals surface area contributed by atoms with Crippen LogP contribution >= 0.6 is 0 Å². The highest BCUT2D eigenvalue weighted by molar-refractivity contribution is 5.41. The van der Waals surface area contributed by atoms with Crippen molar-refractivity contribution in [1.29, 1.82) is 0 Å². The van der Waals surface area contributed by atoms with Gasteiger partial charge in [0.25, 0.3) is 0 Å². The zero-order valence-electron chi connectivity index (χ0n) is 13.3. The Morgan fingerprint density at radius 2 is 2.19 bits per heavy atom. The summed E-state index contributed by atoms with van der Waals surface area (Å²) in [4.78, 5) is 2.65. The second-order valence-electron chi connectivity index (χ2n) is 6.73. The summed E-state index contributed by atoms with van der Waals surface area (Å²) < 4.78 is 5.65. The minimum Gasteiger partial charge on any atom is -0.493 e. The van der Waals surface area contributed by atoms with Crippen LogP contribution in [0.15, 0.2) is 18.2 Å². The fraction of sp³-hybridized carbons (Fsp3) is 0.667. The van der Waals surface area contributed by atoms with Gasteiger partial charge in [-0.05, 0) is 62.9 Å². The van der Waals surface area contributed by atoms with Gasteiger partial charge >= 0.3 is 0 Å². The molecular formula is C18H28N2O. The van der Waals surface area contributed by atoms with Crippen LogP contribution < -0.4 is 10.5 Å². The first-order chi connectivity index (χ1) is 10.2. The highest BCUT2D eigenvalue weighted by Gasteiger charge is 2.32. The Bertz CT molecular complexity index is 486. The molecule has 116 valence electrons. The Balaban J connectivity index is 1.96. The Morgan fingerprint density at radius 1 is 1.33 bits per heavy atom. The number of hydrogen-bond acceptors (Lipinski definition) is 3. The van der Waals surface area contributed by atoms with E-state index >= 15 is 0 Å². The number of nitrogens with zero attached hydrogens (tertiary/aromatic N) is 1. The molecule has 3 rings (SSSR count). The number of fused-ring (bicyclic) bond motifs is 1. The Morgan fingerprint density at radius 3 is 2.95 bits per heavy atom. The molecule has 1 saturated heterocycles. The third kappa shape index (κ3) is 2.95. The van der Waals surface area contributed by atoms with Crippen LogP contribution in [0.2, 0.25) is 0 Å². The van der Waals surface area contributed by atoms with E-state index in [4.69, 9.17) is 10.5 Å². The highest BCUT2D eigenvalue weighted by Crippen LogP contribution is 2.38. The number of benzene rings is 1. The van der Waals surface area contributed by atoms with Gasteiger partial charge in [0, 0.05) is 18.5 Å². The minimum atomic E-state index is 0.461. The normalized spacial score (nSPS) is 26.5. The lowest BCUT2D eigenvalue weighted by Crippen LogP contribution is -2.39. The maximum atomic E-state index is 6.12. The van der Waals surface area contributed by atoms with Gasteiger partial charge in [0.2, 0.25) is 0 Å². The molecule has 21 heavy (non-hydrogen) atoms. The summed E-state index contributed by atoms with van der Waals surface area (Å²) in [5, 5.41) is 0. The standard InChI is InChI=1S/C18H28N2O/c1-13(2)20-9-4-3-5-16(12-19)18(20)15-6-7-17-14(11-15)8-10-21-17/h6-7,11,13,16,18H,3-5,8-10,12,19H2,1-2H3. The molecule has 2 atom stereocenters. The van der Waals surface area contributed by atoms with Crippen molar-refractivity contribution < 1.29 is 4.74 Å². The molecule has 2 N–H and O–H groups in total. The van der Waals surface area contributed by atoms with Crippen LogP contribution in [0.1, 0.15) is 50.3 Å². The van der Waals surface area contributed by atoms with Gasteiger partial charge in [0.05, 0.1) is 6.61 Å². The van der Waals surface area contributed by atoms with E-state index in [1.54, 1.807) is 0 Å². The largest absolute Gasteiger partial charge is 0.493 e. The average molecular weight is 288 g/mol. The molecule has 3 heteroatoms. The van der Waals surface area contributed by atoms with Crippen LogP contribution in [0.25, 0.3) is 0 Å². The summed E-state index contributed by atoms with van der Waals surface area (Å²) in [6.07, 6.45) is 4.89. The van der Waals surface area contributed by atoms with Crippen molar-refractivity contribution in [3.63, 3.8) is 0 Å². The molecule has 2 aliphatic heterocycles. The summed E-state index contributed by atoms with van der Waals surface area (Å²) in [6, 6.07) is 7.82. The van der Waals surface area contributed by atoms with E-state index in [9.17, 15) is 0 Å². The van der Waals surface area contributed by atoms with Gasteiger partial charge in [-0.3, -0.25) is 4.90 Å². The molecule has 2 aliphatic rings. The van der Waals surface area contributed by atoms with Gasteiger partial charge in [0.15, 0.2) is 0 Å². The summed E-state index contributed by atoms with van der Waals surface area (Å²) in [6.45, 7) is 7.41. The number of likely N-dealkylation sites (tertiary alicyclic amines) is 1. The van der Waals surface area contributed by atoms with Gasteiger partial charge in [-0.15, -0.1) is 0 Å². The average Bonchev–Trinajstić information content (AvgIpc) is 2.83. The number of nitrogens with two attached hydrogens (primary N) is 1. The molecular weight excluding hydrogens is 260 g/mol. The van der Waals surface area contributed by atoms with Crippen molar-refractivity contribution in [3.05, 3.63) is 29.3 Å². The maximum Gasteiger partial charge on any atom is 0.122 e. The fourth-order valence-corrected chi connectivity index (χ4v) is 3.95. The van der Waals surface area contributed by atoms with Crippen LogP contribution in [-0.2, 0) is 6.42 Å². The van der Waals surface area contributed by atoms with E-state index in [1.807, 2.05) is 0 Å². The van der Waals surface area contributed by atoms with Crippen LogP contribution in [-0.4, -0.2) is 30.6 Å². The molecule has 1 aromatic carbocycles. The van der Waals surface area contributed by atoms with Gasteiger partial charge in [-0.2, -0.15) is 0 Å². The van der Waals surface area contributed by atoms with Gasteiger partial charge in [-0.1, -0.05) is 18.6 Å². The number of rotatable bonds is 3. The van der Waals surface area contributed by atoms with E-state index in [0.29, 0.717) is 18.0 Å². The first-order valence-electron chi connectivity index (χ1n) is 8.42. The molecule has 3 nitrogen and oxygen atoms in total. The molecule has 0 aromatic heterocycles. The number of hydrogen-bond donors (Lipinski definition) is 1. The quantitative estimate of drug-likeness (QED) is 0.928. The van der Waals surface area contributed by atoms with Crippen molar-refractivity contribution in [3.8, 4) is 5.75 Å². The van der Waals surface area contributed by atoms with E-state index in [1.165, 1.54) is 36.9 Å². The number of ether oxygens (including phenoxy) is 1. The van der Waals surface area contributed by atoms with Crippen LogP contribution in [0.3, 0.4) is 0 Å². The zero-order chi connectivity index (χ0) is 14.8. The first kappa shape index (κ1) is 14.9. The maximum absolute atomic E-state index is 6.12. The molecule has 0 aliphatic carbocycles. The third-order valence-corrected chi connectivity index (χ3v) is 5.07. The van der Waals surface area contributed by atoms with Crippen molar-refractivity contribution >= 4 is 0 Å². The smallest absolute Gasteiger partial charge is 0.122 e. The lowest BCUT2D eigenvalue weighted by Gasteiger charge is -2.38. The summed E-state index contributed by atoms with van der Waals surface area (Å²) in [5.74, 6) is 1.64. The van der Waals surface area contributed by atoms with E-state index in [2.05, 4.69) is 36.9 Å². The molecule has 1 fully saturated rings. The SMILES string of the molecule is CC(C)N1CCCCC(CN)C1c1ccc2c(c1)CCO2. The minimum absolute atomic E-state index is 0.461. The third-order valence-electron chi connectivity index (χ3n) is 5.07. The summed E-state index contributed by atoms with van der Waals surface area (Å²) >= 11 is 0. The Kier molecular flexibility index (Phi) is 4.51. The van der Waals surface area contributed by atoms with Crippen LogP contribution in [0.4, 0.5) is 0 Å². The van der Waals surface area contributed by atoms with Crippen LogP contribution in [0, 0.1) is 5.92 Å². The predicted molar refractivity (Wildman–Crippen MR) is 86.6 cm³/mol. The van der Waals surface area contributed by atoms with Gasteiger partial charge < -0.3 is 10.5 Å². The zero-order valence-corrected chi connectivity index (χ0v) is 13.3. The predicted octanol–water partition coefficient (Wildman–Crippen LogP) is 3.13. The van der Waals surface area contributed by atoms with E-state index in [0.717, 1.165) is 25.3 Å². The van der Waals surface area contributed by atoms with E-state index < -0.39 is 0 Å². The highest BCUT2D eigenvalue weighted by atomic mass is 16.5. The first-order valence-corrected chi connectivity index (χ1v) is 8.42. The monoisotopic (exact) mass is 288 g/mol. The Hall–Kier alpha value is -1.06. The molecule has 1 aromatic rings. The molecule has 2 heterocycles. The summed E-state index contributed by atoms with van der Waals surface area (Å²) in [7, 11) is 0. The molecule has 2 unspecified atom stereocenters. The molecule has 0 radical (unpaired) electrons. The molecule has 0 saturated carbocycles. The van der Waals surface area contributed by atoms with Gasteiger partial charge in [0.1, 0.15) is 5.75 Å². The lowest BCUT2D eigenvalue weighted by molar-refractivity contribution is 0.121. The Labute approximate surface area is 128 Å². The molecule has 0 amide bonds. The van der Waals surface area contributed by atoms with Crippen molar-refractivity contribution in [2.24, 2.45) is 11.7 Å². The van der Waals surface area contributed by atoms with Crippen molar-refractivity contribution in [2.75, 3.05) is 19.7 Å². The van der Waals surface area contributed by atoms with Crippen molar-refractivity contribution in [1.82, 2.24) is 4.90 Å². The van der Waals surface area contributed by atoms with Crippen LogP contribution in [0.5, 0.6) is 5.75 Å². The van der Waals surface area contributed by atoms with Gasteiger partial charge in [-0.25, -0.2) is 0 Å². The fourth-order valence-electron chi connectivity index (χ4n) is 3.95.